The second-order valence-electron chi connectivity index (χ2n) is 6.70. The van der Waals surface area contributed by atoms with Crippen LogP contribution in [0.15, 0.2) is 24.3 Å². The molecule has 0 atom stereocenters. The van der Waals surface area contributed by atoms with Crippen molar-refractivity contribution in [2.75, 3.05) is 26.3 Å². The second-order valence-corrected chi connectivity index (χ2v) is 6.70. The summed E-state index contributed by atoms with van der Waals surface area (Å²) >= 11 is 0. The Morgan fingerprint density at radius 3 is 2.53 bits per heavy atom. The molecule has 0 radical (unpaired) electrons. The van der Waals surface area contributed by atoms with Gasteiger partial charge in [0, 0.05) is 18.5 Å². The van der Waals surface area contributed by atoms with Crippen molar-refractivity contribution in [3.63, 3.8) is 0 Å². The lowest BCUT2D eigenvalue weighted by Crippen LogP contribution is -2.53. The molecule has 2 aliphatic rings. The maximum atomic E-state index is 5.43. The van der Waals surface area contributed by atoms with Gasteiger partial charge in [0.15, 0.2) is 0 Å². The maximum Gasteiger partial charge on any atom is 0.0557 e. The van der Waals surface area contributed by atoms with Crippen molar-refractivity contribution in [2.24, 2.45) is 5.41 Å². The molecule has 0 aliphatic carbocycles. The third-order valence-corrected chi connectivity index (χ3v) is 4.61. The van der Waals surface area contributed by atoms with E-state index in [0.717, 1.165) is 19.8 Å². The van der Waals surface area contributed by atoms with Crippen LogP contribution < -0.4 is 0 Å². The zero-order chi connectivity index (χ0) is 13.3. The lowest BCUT2D eigenvalue weighted by Gasteiger charge is -2.48. The standard InChI is InChI=1S/C17H25NO/c1-14(2)16-6-4-15(5-7-16)10-18-9-3-8-17(11-18)12-19-13-17/h4-7,14H,3,8-13H2,1-2H3. The molecule has 2 heteroatoms. The molecule has 1 spiro atoms. The molecule has 0 amide bonds. The van der Waals surface area contributed by atoms with Crippen LogP contribution in [0.4, 0.5) is 0 Å². The Bertz CT molecular complexity index is 419. The lowest BCUT2D eigenvalue weighted by atomic mass is 9.78. The fraction of sp³-hybridized carbons (Fsp3) is 0.647. The van der Waals surface area contributed by atoms with Crippen LogP contribution in [-0.2, 0) is 11.3 Å². The summed E-state index contributed by atoms with van der Waals surface area (Å²) in [6, 6.07) is 9.17. The Balaban J connectivity index is 1.61. The van der Waals surface area contributed by atoms with E-state index in [4.69, 9.17) is 4.74 Å². The molecule has 0 bridgehead atoms. The summed E-state index contributed by atoms with van der Waals surface area (Å²) < 4.78 is 5.43. The van der Waals surface area contributed by atoms with Crippen molar-refractivity contribution >= 4 is 0 Å². The summed E-state index contributed by atoms with van der Waals surface area (Å²) in [5.74, 6) is 0.624. The molecule has 0 aromatic heterocycles. The highest BCUT2D eigenvalue weighted by Gasteiger charge is 2.41. The molecule has 2 fully saturated rings. The van der Waals surface area contributed by atoms with Gasteiger partial charge in [-0.05, 0) is 36.4 Å². The molecule has 3 rings (SSSR count). The fourth-order valence-corrected chi connectivity index (χ4v) is 3.34. The van der Waals surface area contributed by atoms with Crippen molar-refractivity contribution in [3.05, 3.63) is 35.4 Å². The molecule has 104 valence electrons. The highest BCUT2D eigenvalue weighted by Crippen LogP contribution is 2.37. The molecule has 1 aromatic carbocycles. The third kappa shape index (κ3) is 2.85. The van der Waals surface area contributed by atoms with E-state index in [1.54, 1.807) is 0 Å². The number of rotatable bonds is 3. The van der Waals surface area contributed by atoms with Crippen LogP contribution in [0.5, 0.6) is 0 Å². The van der Waals surface area contributed by atoms with Crippen molar-refractivity contribution in [1.82, 2.24) is 4.90 Å². The first kappa shape index (κ1) is 13.1. The molecule has 19 heavy (non-hydrogen) atoms. The zero-order valence-corrected chi connectivity index (χ0v) is 12.2. The van der Waals surface area contributed by atoms with E-state index in [1.807, 2.05) is 0 Å². The van der Waals surface area contributed by atoms with E-state index >= 15 is 0 Å². The fourth-order valence-electron chi connectivity index (χ4n) is 3.34. The summed E-state index contributed by atoms with van der Waals surface area (Å²) in [5.41, 5.74) is 3.38. The second kappa shape index (κ2) is 5.26. The minimum Gasteiger partial charge on any atom is -0.380 e. The largest absolute Gasteiger partial charge is 0.380 e. The highest BCUT2D eigenvalue weighted by molar-refractivity contribution is 5.24. The lowest BCUT2D eigenvalue weighted by molar-refractivity contribution is -0.145. The molecule has 1 aromatic rings. The molecular weight excluding hydrogens is 234 g/mol. The molecule has 0 saturated carbocycles. The number of nitrogens with zero attached hydrogens (tertiary/aromatic N) is 1. The van der Waals surface area contributed by atoms with Crippen LogP contribution in [0, 0.1) is 5.41 Å². The van der Waals surface area contributed by atoms with E-state index in [2.05, 4.69) is 43.0 Å². The number of benzene rings is 1. The Kier molecular flexibility index (Phi) is 3.64. The minimum absolute atomic E-state index is 0.496. The van der Waals surface area contributed by atoms with E-state index in [-0.39, 0.29) is 0 Å². The van der Waals surface area contributed by atoms with Gasteiger partial charge >= 0.3 is 0 Å². The number of hydrogen-bond acceptors (Lipinski definition) is 2. The normalized spacial score (nSPS) is 22.7. The van der Waals surface area contributed by atoms with E-state index in [1.165, 1.54) is 37.1 Å². The Morgan fingerprint density at radius 2 is 1.95 bits per heavy atom. The monoisotopic (exact) mass is 259 g/mol. The van der Waals surface area contributed by atoms with Crippen LogP contribution in [0.1, 0.15) is 43.7 Å². The highest BCUT2D eigenvalue weighted by atomic mass is 16.5. The first-order valence-corrected chi connectivity index (χ1v) is 7.56. The van der Waals surface area contributed by atoms with Gasteiger partial charge in [0.2, 0.25) is 0 Å². The first-order valence-electron chi connectivity index (χ1n) is 7.56. The minimum atomic E-state index is 0.496. The van der Waals surface area contributed by atoms with Gasteiger partial charge in [-0.25, -0.2) is 0 Å². The van der Waals surface area contributed by atoms with E-state index < -0.39 is 0 Å². The van der Waals surface area contributed by atoms with Crippen molar-refractivity contribution < 1.29 is 4.74 Å². The van der Waals surface area contributed by atoms with Gasteiger partial charge in [-0.1, -0.05) is 38.1 Å². The molecule has 2 saturated heterocycles. The SMILES string of the molecule is CC(C)c1ccc(CN2CCCC3(COC3)C2)cc1. The van der Waals surface area contributed by atoms with Gasteiger partial charge in [0.05, 0.1) is 13.2 Å². The van der Waals surface area contributed by atoms with Gasteiger partial charge < -0.3 is 4.74 Å². The number of likely N-dealkylation sites (tertiary alicyclic amines) is 1. The van der Waals surface area contributed by atoms with E-state index in [9.17, 15) is 0 Å². The molecule has 0 N–H and O–H groups in total. The predicted octanol–water partition coefficient (Wildman–Crippen LogP) is 3.42. The quantitative estimate of drug-likeness (QED) is 0.824. The Morgan fingerprint density at radius 1 is 1.21 bits per heavy atom. The van der Waals surface area contributed by atoms with Crippen LogP contribution in [0.2, 0.25) is 0 Å². The van der Waals surface area contributed by atoms with Gasteiger partial charge in [-0.3, -0.25) is 4.90 Å². The van der Waals surface area contributed by atoms with Gasteiger partial charge in [0.25, 0.3) is 0 Å². The summed E-state index contributed by atoms with van der Waals surface area (Å²) in [4.78, 5) is 2.61. The van der Waals surface area contributed by atoms with Crippen molar-refractivity contribution in [2.45, 2.75) is 39.2 Å². The molecular formula is C17H25NO. The van der Waals surface area contributed by atoms with Crippen LogP contribution >= 0.6 is 0 Å². The van der Waals surface area contributed by atoms with Gasteiger partial charge in [-0.2, -0.15) is 0 Å². The molecule has 2 nitrogen and oxygen atoms in total. The average Bonchev–Trinajstić information content (AvgIpc) is 2.38. The predicted molar refractivity (Wildman–Crippen MR) is 78.3 cm³/mol. The molecule has 2 heterocycles. The maximum absolute atomic E-state index is 5.43. The molecule has 2 aliphatic heterocycles. The summed E-state index contributed by atoms with van der Waals surface area (Å²) in [6.07, 6.45) is 2.68. The van der Waals surface area contributed by atoms with Crippen LogP contribution in [0.3, 0.4) is 0 Å². The number of piperidine rings is 1. The topological polar surface area (TPSA) is 12.5 Å². The summed E-state index contributed by atoms with van der Waals surface area (Å²) in [7, 11) is 0. The average molecular weight is 259 g/mol. The zero-order valence-electron chi connectivity index (χ0n) is 12.2. The number of hydrogen-bond donors (Lipinski definition) is 0. The summed E-state index contributed by atoms with van der Waals surface area (Å²) in [5, 5.41) is 0. The Hall–Kier alpha value is -0.860. The Labute approximate surface area is 116 Å². The summed E-state index contributed by atoms with van der Waals surface area (Å²) in [6.45, 7) is 10.0. The number of ether oxygens (including phenoxy) is 1. The van der Waals surface area contributed by atoms with Crippen LogP contribution in [-0.4, -0.2) is 31.2 Å². The third-order valence-electron chi connectivity index (χ3n) is 4.61. The smallest absolute Gasteiger partial charge is 0.0557 e. The van der Waals surface area contributed by atoms with Crippen LogP contribution in [0.25, 0.3) is 0 Å². The van der Waals surface area contributed by atoms with Gasteiger partial charge in [-0.15, -0.1) is 0 Å². The van der Waals surface area contributed by atoms with E-state index in [0.29, 0.717) is 11.3 Å². The molecule has 0 unspecified atom stereocenters. The van der Waals surface area contributed by atoms with Crippen molar-refractivity contribution in [3.8, 4) is 0 Å². The van der Waals surface area contributed by atoms with Crippen molar-refractivity contribution in [1.29, 1.82) is 0 Å². The first-order chi connectivity index (χ1) is 9.17. The van der Waals surface area contributed by atoms with Gasteiger partial charge in [0.1, 0.15) is 0 Å².